The fourth-order valence-corrected chi connectivity index (χ4v) is 4.34. The molecule has 0 aliphatic carbocycles. The van der Waals surface area contributed by atoms with Crippen molar-refractivity contribution >= 4 is 23.0 Å². The molecule has 28 heavy (non-hydrogen) atoms. The van der Waals surface area contributed by atoms with E-state index < -0.39 is 0 Å². The van der Waals surface area contributed by atoms with Crippen LogP contribution in [0.5, 0.6) is 5.75 Å². The minimum atomic E-state index is 0.200. The monoisotopic (exact) mass is 400 g/mol. The second-order valence-electron chi connectivity index (χ2n) is 7.59. The number of hydrogen-bond donors (Lipinski definition) is 4. The first kappa shape index (κ1) is 20.6. The third-order valence-corrected chi connectivity index (χ3v) is 5.78. The SMILES string of the molecule is COc1ccccc1NC(=S)N[C@H](C)[C@@H](c1ccccc1)[NH+]1CC[NH+](C)CC1. The molecule has 1 aliphatic rings. The van der Waals surface area contributed by atoms with Gasteiger partial charge in [0.2, 0.25) is 0 Å². The second-order valence-corrected chi connectivity index (χ2v) is 8.00. The number of methoxy groups -OCH3 is 1. The van der Waals surface area contributed by atoms with E-state index in [1.807, 2.05) is 24.3 Å². The number of piperazine rings is 1. The van der Waals surface area contributed by atoms with Gasteiger partial charge in [-0.25, -0.2) is 0 Å². The Morgan fingerprint density at radius 1 is 1.00 bits per heavy atom. The summed E-state index contributed by atoms with van der Waals surface area (Å²) in [7, 11) is 3.95. The Balaban J connectivity index is 1.72. The topological polar surface area (TPSA) is 42.2 Å². The zero-order valence-corrected chi connectivity index (χ0v) is 17.8. The van der Waals surface area contributed by atoms with E-state index in [4.69, 9.17) is 17.0 Å². The Bertz CT molecular complexity index is 762. The van der Waals surface area contributed by atoms with Crippen LogP contribution in [0.15, 0.2) is 54.6 Å². The summed E-state index contributed by atoms with van der Waals surface area (Å²) in [5.41, 5.74) is 2.23. The molecule has 0 unspecified atom stereocenters. The quantitative estimate of drug-likeness (QED) is 0.534. The normalized spacial score (nSPS) is 21.4. The highest BCUT2D eigenvalue weighted by molar-refractivity contribution is 7.80. The molecule has 0 radical (unpaired) electrons. The van der Waals surface area contributed by atoms with E-state index >= 15 is 0 Å². The van der Waals surface area contributed by atoms with Crippen LogP contribution in [-0.4, -0.2) is 51.5 Å². The molecule has 0 amide bonds. The smallest absolute Gasteiger partial charge is 0.171 e. The first-order valence-corrected chi connectivity index (χ1v) is 10.4. The number of benzene rings is 2. The lowest BCUT2D eigenvalue weighted by atomic mass is 9.98. The summed E-state index contributed by atoms with van der Waals surface area (Å²) in [6.45, 7) is 6.98. The van der Waals surface area contributed by atoms with Gasteiger partial charge in [-0.2, -0.15) is 0 Å². The molecule has 0 aromatic heterocycles. The van der Waals surface area contributed by atoms with Crippen LogP contribution in [-0.2, 0) is 0 Å². The largest absolute Gasteiger partial charge is 0.495 e. The average molecular weight is 401 g/mol. The van der Waals surface area contributed by atoms with Crippen molar-refractivity contribution in [3.63, 3.8) is 0 Å². The summed E-state index contributed by atoms with van der Waals surface area (Å²) in [5.74, 6) is 0.784. The van der Waals surface area contributed by atoms with Crippen LogP contribution in [0, 0.1) is 0 Å². The Labute approximate surface area is 173 Å². The van der Waals surface area contributed by atoms with E-state index in [1.165, 1.54) is 31.7 Å². The summed E-state index contributed by atoms with van der Waals surface area (Å²) in [6.07, 6.45) is 0. The number of anilines is 1. The number of nitrogens with one attached hydrogen (secondary N) is 4. The van der Waals surface area contributed by atoms with Crippen molar-refractivity contribution in [1.82, 2.24) is 5.32 Å². The van der Waals surface area contributed by atoms with Gasteiger partial charge in [0.25, 0.3) is 0 Å². The van der Waals surface area contributed by atoms with E-state index in [0.29, 0.717) is 11.2 Å². The summed E-state index contributed by atoms with van der Waals surface area (Å²) < 4.78 is 5.42. The van der Waals surface area contributed by atoms with Crippen LogP contribution in [0.2, 0.25) is 0 Å². The molecular formula is C22H32N4OS+2. The number of thiocarbonyl (C=S) groups is 1. The lowest BCUT2D eigenvalue weighted by Gasteiger charge is -2.37. The van der Waals surface area contributed by atoms with Gasteiger partial charge in [0.1, 0.15) is 38.0 Å². The highest BCUT2D eigenvalue weighted by Gasteiger charge is 2.33. The number of likely N-dealkylation sites (N-methyl/N-ethyl adjacent to an activating group) is 1. The summed E-state index contributed by atoms with van der Waals surface area (Å²) in [5, 5.41) is 7.44. The highest BCUT2D eigenvalue weighted by Crippen LogP contribution is 2.23. The highest BCUT2D eigenvalue weighted by atomic mass is 32.1. The predicted molar refractivity (Wildman–Crippen MR) is 118 cm³/mol. The van der Waals surface area contributed by atoms with Gasteiger partial charge in [-0.1, -0.05) is 42.5 Å². The van der Waals surface area contributed by atoms with E-state index in [1.54, 1.807) is 16.9 Å². The molecule has 6 heteroatoms. The Hall–Kier alpha value is -2.15. The van der Waals surface area contributed by atoms with Gasteiger partial charge < -0.3 is 25.2 Å². The molecule has 2 aromatic carbocycles. The van der Waals surface area contributed by atoms with Crippen molar-refractivity contribution in [2.45, 2.75) is 19.0 Å². The minimum Gasteiger partial charge on any atom is -0.495 e. The van der Waals surface area contributed by atoms with E-state index in [2.05, 4.69) is 54.9 Å². The van der Waals surface area contributed by atoms with Gasteiger partial charge in [0.15, 0.2) is 5.11 Å². The molecule has 1 fully saturated rings. The number of quaternary nitrogens is 2. The lowest BCUT2D eigenvalue weighted by molar-refractivity contribution is -1.02. The van der Waals surface area contributed by atoms with Gasteiger partial charge in [0.05, 0.1) is 25.9 Å². The van der Waals surface area contributed by atoms with Crippen LogP contribution in [0.4, 0.5) is 5.69 Å². The number of para-hydroxylation sites is 2. The molecule has 2 atom stereocenters. The standard InChI is InChI=1S/C22H30N4OS/c1-17(23-22(28)24-19-11-7-8-12-20(19)27-3)21(18-9-5-4-6-10-18)26-15-13-25(2)14-16-26/h4-12,17,21H,13-16H2,1-3H3,(H2,23,24,28)/p+2/t17-,21+/m1/s1. The molecule has 1 aliphatic heterocycles. The first-order valence-electron chi connectivity index (χ1n) is 10.00. The van der Waals surface area contributed by atoms with Gasteiger partial charge in [0, 0.05) is 5.56 Å². The van der Waals surface area contributed by atoms with Crippen LogP contribution in [0.25, 0.3) is 0 Å². The maximum atomic E-state index is 5.62. The number of rotatable bonds is 6. The van der Waals surface area contributed by atoms with Crippen LogP contribution < -0.4 is 25.2 Å². The van der Waals surface area contributed by atoms with E-state index in [-0.39, 0.29) is 6.04 Å². The Morgan fingerprint density at radius 2 is 1.64 bits per heavy atom. The van der Waals surface area contributed by atoms with Crippen molar-refractivity contribution in [2.75, 3.05) is 45.7 Å². The Kier molecular flexibility index (Phi) is 7.25. The van der Waals surface area contributed by atoms with Crippen molar-refractivity contribution < 1.29 is 14.5 Å². The maximum absolute atomic E-state index is 5.62. The van der Waals surface area contributed by atoms with Crippen molar-refractivity contribution in [3.05, 3.63) is 60.2 Å². The predicted octanol–water partition coefficient (Wildman–Crippen LogP) is 0.525. The third kappa shape index (κ3) is 5.22. The molecule has 3 rings (SSSR count). The summed E-state index contributed by atoms with van der Waals surface area (Å²) >= 11 is 5.62. The Morgan fingerprint density at radius 3 is 2.32 bits per heavy atom. The fourth-order valence-electron chi connectivity index (χ4n) is 4.04. The van der Waals surface area contributed by atoms with Crippen molar-refractivity contribution in [3.8, 4) is 5.75 Å². The van der Waals surface area contributed by atoms with E-state index in [9.17, 15) is 0 Å². The molecule has 2 aromatic rings. The first-order chi connectivity index (χ1) is 13.6. The van der Waals surface area contributed by atoms with Crippen molar-refractivity contribution in [2.24, 2.45) is 0 Å². The molecule has 150 valence electrons. The number of ether oxygens (including phenoxy) is 1. The molecule has 0 spiro atoms. The molecule has 0 saturated carbocycles. The second kappa shape index (κ2) is 9.87. The van der Waals surface area contributed by atoms with Crippen molar-refractivity contribution in [1.29, 1.82) is 0 Å². The van der Waals surface area contributed by atoms with Gasteiger partial charge in [-0.3, -0.25) is 0 Å². The third-order valence-electron chi connectivity index (χ3n) is 5.56. The molecular weight excluding hydrogens is 368 g/mol. The maximum Gasteiger partial charge on any atom is 0.171 e. The van der Waals surface area contributed by atoms with Crippen LogP contribution in [0.3, 0.4) is 0 Å². The number of hydrogen-bond acceptors (Lipinski definition) is 2. The molecule has 1 saturated heterocycles. The average Bonchev–Trinajstić information content (AvgIpc) is 2.71. The van der Waals surface area contributed by atoms with Gasteiger partial charge >= 0.3 is 0 Å². The van der Waals surface area contributed by atoms with Gasteiger partial charge in [-0.05, 0) is 31.3 Å². The van der Waals surface area contributed by atoms with Crippen LogP contribution >= 0.6 is 12.2 Å². The van der Waals surface area contributed by atoms with E-state index in [0.717, 1.165) is 11.4 Å². The van der Waals surface area contributed by atoms with Crippen LogP contribution in [0.1, 0.15) is 18.5 Å². The molecule has 4 N–H and O–H groups in total. The molecule has 1 heterocycles. The fraction of sp³-hybridized carbons (Fsp3) is 0.409. The molecule has 0 bridgehead atoms. The minimum absolute atomic E-state index is 0.200. The zero-order chi connectivity index (χ0) is 19.9. The summed E-state index contributed by atoms with van der Waals surface area (Å²) in [4.78, 5) is 3.24. The zero-order valence-electron chi connectivity index (χ0n) is 17.0. The lowest BCUT2D eigenvalue weighted by Crippen LogP contribution is -3.27. The molecule has 5 nitrogen and oxygen atoms in total. The summed E-state index contributed by atoms with van der Waals surface area (Å²) in [6, 6.07) is 19.2. The van der Waals surface area contributed by atoms with Gasteiger partial charge in [-0.15, -0.1) is 0 Å².